The highest BCUT2D eigenvalue weighted by Gasteiger charge is 2.46. The summed E-state index contributed by atoms with van der Waals surface area (Å²) in [6.07, 6.45) is 0. The molecule has 39 heavy (non-hydrogen) atoms. The number of hydrogen-bond acceptors (Lipinski definition) is 6. The highest BCUT2D eigenvalue weighted by atomic mass is 31.2. The highest BCUT2D eigenvalue weighted by molar-refractivity contribution is 8.01. The van der Waals surface area contributed by atoms with Gasteiger partial charge in [0.05, 0.1) is 21.3 Å². The van der Waals surface area contributed by atoms with Crippen molar-refractivity contribution in [2.45, 2.75) is 59.3 Å². The van der Waals surface area contributed by atoms with Crippen molar-refractivity contribution < 1.29 is 28.4 Å². The predicted octanol–water partition coefficient (Wildman–Crippen LogP) is 7.75. The summed E-state index contributed by atoms with van der Waals surface area (Å²) in [4.78, 5) is 29.2. The smallest absolute Gasteiger partial charge is 0.249 e. The molecule has 208 valence electrons. The van der Waals surface area contributed by atoms with E-state index in [2.05, 4.69) is 13.8 Å². The lowest BCUT2D eigenvalue weighted by atomic mass is 9.85. The average molecular weight is 551 g/mol. The summed E-state index contributed by atoms with van der Waals surface area (Å²) in [6.45, 7) is 12.2. The summed E-state index contributed by atoms with van der Waals surface area (Å²) in [5.41, 5.74) is 1.45. The Labute approximate surface area is 232 Å². The SMILES string of the molecule is COc1cc(OC)c(C(=O)P(=O)(C(=O)c2c(C(C)C)cc(C(C)C)cc2C(C)C)c2ccccc2)c(OC)c1. The van der Waals surface area contributed by atoms with Crippen LogP contribution in [-0.2, 0) is 4.57 Å². The summed E-state index contributed by atoms with van der Waals surface area (Å²) >= 11 is 0. The lowest BCUT2D eigenvalue weighted by Crippen LogP contribution is -2.24. The molecule has 0 saturated heterocycles. The molecule has 0 amide bonds. The van der Waals surface area contributed by atoms with Crippen LogP contribution in [0.3, 0.4) is 0 Å². The van der Waals surface area contributed by atoms with Gasteiger partial charge in [-0.25, -0.2) is 0 Å². The van der Waals surface area contributed by atoms with Crippen LogP contribution in [0.1, 0.15) is 96.7 Å². The van der Waals surface area contributed by atoms with Crippen LogP contribution >= 0.6 is 7.14 Å². The van der Waals surface area contributed by atoms with E-state index < -0.39 is 18.2 Å². The van der Waals surface area contributed by atoms with Gasteiger partial charge in [-0.3, -0.25) is 9.59 Å². The van der Waals surface area contributed by atoms with Crippen LogP contribution < -0.4 is 19.5 Å². The molecule has 0 aliphatic heterocycles. The predicted molar refractivity (Wildman–Crippen MR) is 157 cm³/mol. The summed E-state index contributed by atoms with van der Waals surface area (Å²) in [5, 5.41) is 0.164. The van der Waals surface area contributed by atoms with Gasteiger partial charge in [0.25, 0.3) is 0 Å². The van der Waals surface area contributed by atoms with Crippen LogP contribution in [0.2, 0.25) is 0 Å². The largest absolute Gasteiger partial charge is 0.496 e. The summed E-state index contributed by atoms with van der Waals surface area (Å²) in [5.74, 6) is 0.787. The third-order valence-corrected chi connectivity index (χ3v) is 9.58. The molecule has 0 heterocycles. The van der Waals surface area contributed by atoms with E-state index in [-0.39, 0.29) is 40.1 Å². The van der Waals surface area contributed by atoms with Crippen molar-refractivity contribution in [2.75, 3.05) is 21.3 Å². The van der Waals surface area contributed by atoms with E-state index in [9.17, 15) is 9.59 Å². The summed E-state index contributed by atoms with van der Waals surface area (Å²) < 4.78 is 31.6. The van der Waals surface area contributed by atoms with Gasteiger partial charge in [-0.2, -0.15) is 0 Å². The zero-order chi connectivity index (χ0) is 29.1. The van der Waals surface area contributed by atoms with E-state index in [0.29, 0.717) is 11.3 Å². The third-order valence-electron chi connectivity index (χ3n) is 6.97. The Hall–Kier alpha value is -3.37. The molecule has 7 heteroatoms. The topological polar surface area (TPSA) is 78.9 Å². The maximum absolute atomic E-state index is 15.2. The first-order valence-corrected chi connectivity index (χ1v) is 14.9. The first-order chi connectivity index (χ1) is 18.4. The molecule has 3 rings (SSSR count). The van der Waals surface area contributed by atoms with E-state index in [0.717, 1.165) is 16.7 Å². The van der Waals surface area contributed by atoms with Crippen LogP contribution in [0.25, 0.3) is 0 Å². The van der Waals surface area contributed by atoms with Crippen molar-refractivity contribution in [3.8, 4) is 17.2 Å². The molecule has 1 unspecified atom stereocenters. The number of ether oxygens (including phenoxy) is 3. The molecule has 0 aromatic heterocycles. The molecule has 0 fully saturated rings. The molecular weight excluding hydrogens is 511 g/mol. The second-order valence-electron chi connectivity index (χ2n) is 10.5. The Kier molecular flexibility index (Phi) is 9.45. The van der Waals surface area contributed by atoms with E-state index >= 15 is 4.57 Å². The number of benzene rings is 3. The summed E-state index contributed by atoms with van der Waals surface area (Å²) in [6, 6.07) is 15.3. The van der Waals surface area contributed by atoms with Crippen LogP contribution in [-0.4, -0.2) is 32.4 Å². The van der Waals surface area contributed by atoms with Crippen molar-refractivity contribution in [1.82, 2.24) is 0 Å². The summed E-state index contributed by atoms with van der Waals surface area (Å²) in [7, 11) is -0.167. The average Bonchev–Trinajstić information content (AvgIpc) is 2.94. The van der Waals surface area contributed by atoms with Crippen molar-refractivity contribution in [1.29, 1.82) is 0 Å². The van der Waals surface area contributed by atoms with Gasteiger partial charge in [-0.1, -0.05) is 84.0 Å². The molecular formula is C32H39O6P. The minimum absolute atomic E-state index is 0.0375. The quantitative estimate of drug-likeness (QED) is 0.227. The minimum atomic E-state index is -4.45. The molecule has 3 aromatic rings. The van der Waals surface area contributed by atoms with Gasteiger partial charge in [0.1, 0.15) is 22.8 Å². The van der Waals surface area contributed by atoms with Gasteiger partial charge in [0.15, 0.2) is 0 Å². The molecule has 0 N–H and O–H groups in total. The van der Waals surface area contributed by atoms with Gasteiger partial charge in [-0.05, 0) is 34.4 Å². The van der Waals surface area contributed by atoms with Crippen molar-refractivity contribution in [3.05, 3.63) is 82.4 Å². The highest BCUT2D eigenvalue weighted by Crippen LogP contribution is 2.55. The Morgan fingerprint density at radius 1 is 0.641 bits per heavy atom. The standard InChI is InChI=1S/C32H39O6P/c1-19(2)22-15-25(20(3)4)29(26(16-22)21(5)6)31(33)39(35,24-13-11-10-12-14-24)32(34)30-27(37-8)17-23(36-7)18-28(30)38-9/h10-21H,1-9H3. The fraction of sp³-hybridized carbons (Fsp3) is 0.375. The van der Waals surface area contributed by atoms with Crippen LogP contribution in [0.4, 0.5) is 0 Å². The first-order valence-electron chi connectivity index (χ1n) is 13.1. The maximum atomic E-state index is 15.2. The zero-order valence-corrected chi connectivity index (χ0v) is 25.2. The minimum Gasteiger partial charge on any atom is -0.496 e. The molecule has 6 nitrogen and oxygen atoms in total. The molecule has 0 bridgehead atoms. The van der Waals surface area contributed by atoms with Gasteiger partial charge >= 0.3 is 0 Å². The van der Waals surface area contributed by atoms with Gasteiger partial charge in [-0.15, -0.1) is 0 Å². The number of carbonyl (C=O) groups is 2. The number of rotatable bonds is 11. The maximum Gasteiger partial charge on any atom is 0.249 e. The number of hydrogen-bond donors (Lipinski definition) is 0. The molecule has 0 aliphatic rings. The Balaban J connectivity index is 2.43. The van der Waals surface area contributed by atoms with Crippen molar-refractivity contribution >= 4 is 23.5 Å². The fourth-order valence-corrected chi connectivity index (χ4v) is 7.05. The second kappa shape index (κ2) is 12.2. The Bertz CT molecular complexity index is 1350. The molecule has 0 radical (unpaired) electrons. The third kappa shape index (κ3) is 5.67. The van der Waals surface area contributed by atoms with Crippen LogP contribution in [0.15, 0.2) is 54.6 Å². The van der Waals surface area contributed by atoms with Crippen LogP contribution in [0, 0.1) is 0 Å². The Morgan fingerprint density at radius 2 is 1.10 bits per heavy atom. The van der Waals surface area contributed by atoms with Crippen molar-refractivity contribution in [3.63, 3.8) is 0 Å². The molecule has 0 aliphatic carbocycles. The van der Waals surface area contributed by atoms with Crippen molar-refractivity contribution in [2.24, 2.45) is 0 Å². The van der Waals surface area contributed by atoms with Gasteiger partial charge in [0, 0.05) is 23.0 Å². The van der Waals surface area contributed by atoms with E-state index in [1.54, 1.807) is 30.3 Å². The van der Waals surface area contributed by atoms with Gasteiger partial charge < -0.3 is 18.8 Å². The van der Waals surface area contributed by atoms with E-state index in [1.165, 1.54) is 33.5 Å². The van der Waals surface area contributed by atoms with Gasteiger partial charge in [0.2, 0.25) is 18.2 Å². The number of methoxy groups -OCH3 is 3. The fourth-order valence-electron chi connectivity index (χ4n) is 4.70. The number of carbonyl (C=O) groups excluding carboxylic acids is 2. The first kappa shape index (κ1) is 30.2. The lowest BCUT2D eigenvalue weighted by Gasteiger charge is -2.25. The molecule has 0 spiro atoms. The Morgan fingerprint density at radius 3 is 1.49 bits per heavy atom. The van der Waals surface area contributed by atoms with E-state index in [1.807, 2.05) is 39.8 Å². The van der Waals surface area contributed by atoms with Crippen LogP contribution in [0.5, 0.6) is 17.2 Å². The zero-order valence-electron chi connectivity index (χ0n) is 24.3. The normalized spacial score (nSPS) is 12.9. The molecule has 0 saturated carbocycles. The molecule has 1 atom stereocenters. The second-order valence-corrected chi connectivity index (χ2v) is 13.0. The molecule has 3 aromatic carbocycles. The monoisotopic (exact) mass is 550 g/mol. The van der Waals surface area contributed by atoms with E-state index in [4.69, 9.17) is 14.2 Å². The lowest BCUT2D eigenvalue weighted by molar-refractivity contribution is 0.103.